The molecule has 0 spiro atoms. The van der Waals surface area contributed by atoms with Gasteiger partial charge in [-0.3, -0.25) is 4.79 Å². The van der Waals surface area contributed by atoms with Crippen molar-refractivity contribution in [3.63, 3.8) is 0 Å². The molecular weight excluding hydrogens is 168 g/mol. The SMILES string of the molecule is CCOC(=O)C(CC)CCC(C)=O. The van der Waals surface area contributed by atoms with Crippen LogP contribution in [-0.4, -0.2) is 18.4 Å². The van der Waals surface area contributed by atoms with Crippen molar-refractivity contribution < 1.29 is 14.3 Å². The first-order chi connectivity index (χ1) is 6.11. The fourth-order valence-electron chi connectivity index (χ4n) is 1.13. The Morgan fingerprint density at radius 1 is 1.31 bits per heavy atom. The Balaban J connectivity index is 3.87. The first-order valence-corrected chi connectivity index (χ1v) is 4.77. The standard InChI is InChI=1S/C10H18O3/c1-4-9(7-6-8(3)11)10(12)13-5-2/h9H,4-7H2,1-3H3. The summed E-state index contributed by atoms with van der Waals surface area (Å²) in [6.45, 7) is 5.67. The molecule has 0 aromatic carbocycles. The Morgan fingerprint density at radius 3 is 2.31 bits per heavy atom. The molecule has 0 rings (SSSR count). The van der Waals surface area contributed by atoms with Crippen LogP contribution in [-0.2, 0) is 14.3 Å². The third kappa shape index (κ3) is 5.39. The summed E-state index contributed by atoms with van der Waals surface area (Å²) in [5.74, 6) is -0.155. The Hall–Kier alpha value is -0.860. The molecule has 0 aliphatic carbocycles. The van der Waals surface area contributed by atoms with Crippen LogP contribution in [0.25, 0.3) is 0 Å². The molecule has 0 N–H and O–H groups in total. The Morgan fingerprint density at radius 2 is 1.92 bits per heavy atom. The molecule has 0 amide bonds. The van der Waals surface area contributed by atoms with Crippen LogP contribution in [0.2, 0.25) is 0 Å². The van der Waals surface area contributed by atoms with Gasteiger partial charge in [0, 0.05) is 6.42 Å². The van der Waals surface area contributed by atoms with E-state index < -0.39 is 0 Å². The highest BCUT2D eigenvalue weighted by molar-refractivity contribution is 5.77. The second-order valence-corrected chi connectivity index (χ2v) is 3.10. The molecule has 0 aliphatic rings. The largest absolute Gasteiger partial charge is 0.466 e. The zero-order valence-corrected chi connectivity index (χ0v) is 8.63. The van der Waals surface area contributed by atoms with Crippen LogP contribution in [0.3, 0.4) is 0 Å². The van der Waals surface area contributed by atoms with Crippen molar-refractivity contribution in [2.75, 3.05) is 6.61 Å². The Kier molecular flexibility index (Phi) is 6.20. The third-order valence-corrected chi connectivity index (χ3v) is 1.96. The number of Topliss-reactive ketones (excluding diaryl/α,β-unsaturated/α-hetero) is 1. The third-order valence-electron chi connectivity index (χ3n) is 1.96. The minimum atomic E-state index is -0.175. The second kappa shape index (κ2) is 6.63. The van der Waals surface area contributed by atoms with Crippen LogP contribution in [0.4, 0.5) is 0 Å². The fourth-order valence-corrected chi connectivity index (χ4v) is 1.13. The normalized spacial score (nSPS) is 12.2. The fraction of sp³-hybridized carbons (Fsp3) is 0.800. The van der Waals surface area contributed by atoms with Crippen LogP contribution >= 0.6 is 0 Å². The molecule has 0 aromatic rings. The van der Waals surface area contributed by atoms with Crippen molar-refractivity contribution >= 4 is 11.8 Å². The lowest BCUT2D eigenvalue weighted by Gasteiger charge is -2.11. The molecule has 3 nitrogen and oxygen atoms in total. The van der Waals surface area contributed by atoms with Crippen molar-refractivity contribution in [2.24, 2.45) is 5.92 Å². The second-order valence-electron chi connectivity index (χ2n) is 3.10. The van der Waals surface area contributed by atoms with Gasteiger partial charge in [-0.25, -0.2) is 0 Å². The summed E-state index contributed by atoms with van der Waals surface area (Å²) in [5.41, 5.74) is 0. The van der Waals surface area contributed by atoms with Gasteiger partial charge in [0.25, 0.3) is 0 Å². The summed E-state index contributed by atoms with van der Waals surface area (Å²) in [7, 11) is 0. The molecule has 3 heteroatoms. The average molecular weight is 186 g/mol. The number of carbonyl (C=O) groups excluding carboxylic acids is 2. The predicted octanol–water partition coefficient (Wildman–Crippen LogP) is 1.94. The lowest BCUT2D eigenvalue weighted by molar-refractivity contribution is -0.148. The van der Waals surface area contributed by atoms with Gasteiger partial charge in [-0.15, -0.1) is 0 Å². The quantitative estimate of drug-likeness (QED) is 0.595. The number of hydrogen-bond donors (Lipinski definition) is 0. The molecule has 13 heavy (non-hydrogen) atoms. The van der Waals surface area contributed by atoms with Crippen molar-refractivity contribution in [3.8, 4) is 0 Å². The van der Waals surface area contributed by atoms with Gasteiger partial charge in [0.05, 0.1) is 12.5 Å². The van der Waals surface area contributed by atoms with E-state index in [-0.39, 0.29) is 17.7 Å². The van der Waals surface area contributed by atoms with Crippen molar-refractivity contribution in [3.05, 3.63) is 0 Å². The number of rotatable bonds is 6. The predicted molar refractivity (Wildman–Crippen MR) is 50.3 cm³/mol. The molecule has 0 aliphatic heterocycles. The zero-order chi connectivity index (χ0) is 10.3. The summed E-state index contributed by atoms with van der Waals surface area (Å²) in [6, 6.07) is 0. The molecule has 0 saturated carbocycles. The lowest BCUT2D eigenvalue weighted by Crippen LogP contribution is -2.17. The summed E-state index contributed by atoms with van der Waals surface area (Å²) in [5, 5.41) is 0. The molecule has 76 valence electrons. The van der Waals surface area contributed by atoms with Gasteiger partial charge < -0.3 is 9.53 Å². The van der Waals surface area contributed by atoms with Crippen LogP contribution in [0.5, 0.6) is 0 Å². The molecule has 0 bridgehead atoms. The molecule has 0 aromatic heterocycles. The lowest BCUT2D eigenvalue weighted by atomic mass is 9.99. The van der Waals surface area contributed by atoms with E-state index in [0.717, 1.165) is 6.42 Å². The van der Waals surface area contributed by atoms with Gasteiger partial charge in [0.15, 0.2) is 0 Å². The maximum atomic E-state index is 11.3. The van der Waals surface area contributed by atoms with Crippen molar-refractivity contribution in [1.29, 1.82) is 0 Å². The minimum Gasteiger partial charge on any atom is -0.466 e. The van der Waals surface area contributed by atoms with E-state index in [9.17, 15) is 9.59 Å². The molecule has 0 radical (unpaired) electrons. The number of esters is 1. The molecule has 1 atom stereocenters. The van der Waals surface area contributed by atoms with Gasteiger partial charge >= 0.3 is 5.97 Å². The van der Waals surface area contributed by atoms with Gasteiger partial charge in [-0.2, -0.15) is 0 Å². The summed E-state index contributed by atoms with van der Waals surface area (Å²) in [6.07, 6.45) is 1.83. The van der Waals surface area contributed by atoms with Gasteiger partial charge in [0.1, 0.15) is 5.78 Å². The van der Waals surface area contributed by atoms with E-state index in [2.05, 4.69) is 0 Å². The number of ketones is 1. The van der Waals surface area contributed by atoms with E-state index in [0.29, 0.717) is 19.4 Å². The highest BCUT2D eigenvalue weighted by Gasteiger charge is 2.17. The van der Waals surface area contributed by atoms with Crippen molar-refractivity contribution in [1.82, 2.24) is 0 Å². The van der Waals surface area contributed by atoms with E-state index in [1.807, 2.05) is 6.92 Å². The van der Waals surface area contributed by atoms with Crippen LogP contribution < -0.4 is 0 Å². The molecule has 1 unspecified atom stereocenters. The topological polar surface area (TPSA) is 43.4 Å². The van der Waals surface area contributed by atoms with Crippen LogP contribution in [0.15, 0.2) is 0 Å². The van der Waals surface area contributed by atoms with Crippen LogP contribution in [0.1, 0.15) is 40.0 Å². The molecule has 0 saturated heterocycles. The Bertz CT molecular complexity index is 175. The smallest absolute Gasteiger partial charge is 0.308 e. The van der Waals surface area contributed by atoms with E-state index in [1.165, 1.54) is 6.92 Å². The summed E-state index contributed by atoms with van der Waals surface area (Å²) < 4.78 is 4.88. The van der Waals surface area contributed by atoms with Crippen molar-refractivity contribution in [2.45, 2.75) is 40.0 Å². The maximum absolute atomic E-state index is 11.3. The summed E-state index contributed by atoms with van der Waals surface area (Å²) >= 11 is 0. The maximum Gasteiger partial charge on any atom is 0.308 e. The van der Waals surface area contributed by atoms with Gasteiger partial charge in [-0.1, -0.05) is 6.92 Å². The van der Waals surface area contributed by atoms with Gasteiger partial charge in [-0.05, 0) is 26.7 Å². The number of ether oxygens (including phenoxy) is 1. The van der Waals surface area contributed by atoms with E-state index in [4.69, 9.17) is 4.74 Å². The average Bonchev–Trinajstić information content (AvgIpc) is 2.05. The minimum absolute atomic E-state index is 0.108. The van der Waals surface area contributed by atoms with E-state index in [1.54, 1.807) is 6.92 Å². The number of carbonyl (C=O) groups is 2. The van der Waals surface area contributed by atoms with E-state index >= 15 is 0 Å². The summed E-state index contributed by atoms with van der Waals surface area (Å²) in [4.78, 5) is 21.9. The first kappa shape index (κ1) is 12.1. The van der Waals surface area contributed by atoms with Gasteiger partial charge in [0.2, 0.25) is 0 Å². The Labute approximate surface area is 79.5 Å². The molecule has 0 fully saturated rings. The molecule has 0 heterocycles. The van der Waals surface area contributed by atoms with Crippen LogP contribution in [0, 0.1) is 5.92 Å². The molecular formula is C10H18O3. The monoisotopic (exact) mass is 186 g/mol. The number of hydrogen-bond acceptors (Lipinski definition) is 3. The first-order valence-electron chi connectivity index (χ1n) is 4.77. The highest BCUT2D eigenvalue weighted by atomic mass is 16.5. The highest BCUT2D eigenvalue weighted by Crippen LogP contribution is 2.13. The zero-order valence-electron chi connectivity index (χ0n) is 8.63.